The van der Waals surface area contributed by atoms with Crippen molar-refractivity contribution < 1.29 is 61.2 Å². The number of carbonyl (C=O) groups excluding carboxylic acids is 6. The van der Waals surface area contributed by atoms with E-state index in [0.29, 0.717) is 4.90 Å². The molecule has 0 spiro atoms. The summed E-state index contributed by atoms with van der Waals surface area (Å²) in [4.78, 5) is 73.8. The molecule has 16 heteroatoms. The SMILES string of the molecule is CC(=O)OC[C@@H](OC(C)=O)[C@H](OC(C)=O)[C@H](OC(C)=O)[C@@H](O)[C@@H]1N(C(C)=O)[C@H](C(=O)N(C)C)CS1(=O)=O. The smallest absolute Gasteiger partial charge is 0.303 e. The lowest BCUT2D eigenvalue weighted by molar-refractivity contribution is -0.200. The van der Waals surface area contributed by atoms with Crippen molar-refractivity contribution in [2.75, 3.05) is 26.5 Å². The van der Waals surface area contributed by atoms with Gasteiger partial charge in [-0.3, -0.25) is 28.8 Å². The average Bonchev–Trinajstić information content (AvgIpc) is 3.02. The van der Waals surface area contributed by atoms with Crippen molar-refractivity contribution in [1.29, 1.82) is 0 Å². The summed E-state index contributed by atoms with van der Waals surface area (Å²) in [5, 5.41) is 9.16. The van der Waals surface area contributed by atoms with Crippen molar-refractivity contribution >= 4 is 45.5 Å². The van der Waals surface area contributed by atoms with Gasteiger partial charge < -0.3 is 33.9 Å². The monoisotopic (exact) mass is 552 g/mol. The topological polar surface area (TPSA) is 200 Å². The number of nitrogens with zero attached hydrogens (tertiary/aromatic N) is 2. The third-order valence-electron chi connectivity index (χ3n) is 5.15. The number of sulfone groups is 1. The Kier molecular flexibility index (Phi) is 11.0. The minimum absolute atomic E-state index is 0.635. The molecule has 0 radical (unpaired) electrons. The maximum absolute atomic E-state index is 13.1. The Morgan fingerprint density at radius 2 is 1.35 bits per heavy atom. The molecule has 6 atom stereocenters. The fourth-order valence-corrected chi connectivity index (χ4v) is 6.01. The van der Waals surface area contributed by atoms with Gasteiger partial charge in [-0.05, 0) is 0 Å². The fourth-order valence-electron chi connectivity index (χ4n) is 3.85. The van der Waals surface area contributed by atoms with Crippen molar-refractivity contribution in [2.45, 2.75) is 70.5 Å². The molecule has 0 aromatic carbocycles. The Morgan fingerprint density at radius 3 is 1.76 bits per heavy atom. The lowest BCUT2D eigenvalue weighted by Gasteiger charge is -2.38. The van der Waals surface area contributed by atoms with Gasteiger partial charge in [-0.15, -0.1) is 0 Å². The number of aliphatic hydroxyl groups excluding tert-OH is 1. The first-order valence-corrected chi connectivity index (χ1v) is 12.7. The second-order valence-corrected chi connectivity index (χ2v) is 10.6. The molecule has 37 heavy (non-hydrogen) atoms. The largest absolute Gasteiger partial charge is 0.462 e. The summed E-state index contributed by atoms with van der Waals surface area (Å²) in [6, 6.07) is -1.51. The van der Waals surface area contributed by atoms with Crippen molar-refractivity contribution in [3.8, 4) is 0 Å². The fraction of sp³-hybridized carbons (Fsp3) is 0.714. The molecule has 2 amide bonds. The van der Waals surface area contributed by atoms with E-state index in [2.05, 4.69) is 0 Å². The number of hydrogen-bond donors (Lipinski definition) is 1. The van der Waals surface area contributed by atoms with E-state index in [9.17, 15) is 42.3 Å². The molecule has 210 valence electrons. The van der Waals surface area contributed by atoms with Crippen LogP contribution in [0, 0.1) is 0 Å². The lowest BCUT2D eigenvalue weighted by atomic mass is 10.0. The van der Waals surface area contributed by atoms with E-state index in [0.717, 1.165) is 39.5 Å². The first-order chi connectivity index (χ1) is 16.9. The lowest BCUT2D eigenvalue weighted by Crippen LogP contribution is -2.60. The van der Waals surface area contributed by atoms with Crippen LogP contribution in [0.25, 0.3) is 0 Å². The molecule has 0 unspecified atom stereocenters. The van der Waals surface area contributed by atoms with E-state index in [1.54, 1.807) is 0 Å². The summed E-state index contributed by atoms with van der Waals surface area (Å²) >= 11 is 0. The van der Waals surface area contributed by atoms with Gasteiger partial charge in [0.25, 0.3) is 0 Å². The molecule has 1 heterocycles. The van der Waals surface area contributed by atoms with Crippen LogP contribution < -0.4 is 0 Å². The third-order valence-corrected chi connectivity index (χ3v) is 7.17. The van der Waals surface area contributed by atoms with Crippen LogP contribution in [0.4, 0.5) is 0 Å². The van der Waals surface area contributed by atoms with E-state index >= 15 is 0 Å². The maximum Gasteiger partial charge on any atom is 0.303 e. The van der Waals surface area contributed by atoms with Crippen LogP contribution in [0.2, 0.25) is 0 Å². The van der Waals surface area contributed by atoms with Gasteiger partial charge in [0.2, 0.25) is 11.8 Å². The molecule has 1 rings (SSSR count). The Bertz CT molecular complexity index is 1030. The second kappa shape index (κ2) is 12.8. The van der Waals surface area contributed by atoms with Crippen LogP contribution in [0.15, 0.2) is 0 Å². The van der Waals surface area contributed by atoms with Gasteiger partial charge in [0.1, 0.15) is 18.8 Å². The maximum atomic E-state index is 13.1. The minimum atomic E-state index is -4.44. The summed E-state index contributed by atoms with van der Waals surface area (Å²) in [7, 11) is -1.76. The Morgan fingerprint density at radius 1 is 0.865 bits per heavy atom. The predicted octanol–water partition coefficient (Wildman–Crippen LogP) is -2.23. The van der Waals surface area contributed by atoms with Crippen molar-refractivity contribution in [1.82, 2.24) is 9.80 Å². The molecule has 1 aliphatic heterocycles. The van der Waals surface area contributed by atoms with Gasteiger partial charge >= 0.3 is 23.9 Å². The van der Waals surface area contributed by atoms with Gasteiger partial charge in [0.05, 0.1) is 5.75 Å². The second-order valence-electron chi connectivity index (χ2n) is 8.48. The Labute approximate surface area is 213 Å². The van der Waals surface area contributed by atoms with Crippen LogP contribution >= 0.6 is 0 Å². The molecule has 1 fully saturated rings. The van der Waals surface area contributed by atoms with Crippen LogP contribution in [0.3, 0.4) is 0 Å². The summed E-state index contributed by atoms with van der Waals surface area (Å²) in [6.45, 7) is 4.08. The number of aliphatic hydroxyl groups is 1. The molecular weight excluding hydrogens is 520 g/mol. The number of ether oxygens (including phenoxy) is 4. The summed E-state index contributed by atoms with van der Waals surface area (Å²) in [6.07, 6.45) is -7.93. The molecule has 1 N–H and O–H groups in total. The molecule has 0 aromatic rings. The van der Waals surface area contributed by atoms with Gasteiger partial charge in [-0.1, -0.05) is 0 Å². The molecule has 1 saturated heterocycles. The first-order valence-electron chi connectivity index (χ1n) is 10.9. The normalized spacial score (nSPS) is 21.6. The van der Waals surface area contributed by atoms with Crippen LogP contribution in [-0.4, -0.2) is 121 Å². The van der Waals surface area contributed by atoms with E-state index in [-0.39, 0.29) is 0 Å². The minimum Gasteiger partial charge on any atom is -0.462 e. The number of hydrogen-bond acceptors (Lipinski definition) is 13. The highest BCUT2D eigenvalue weighted by Crippen LogP contribution is 2.31. The van der Waals surface area contributed by atoms with Crippen molar-refractivity contribution in [3.63, 3.8) is 0 Å². The van der Waals surface area contributed by atoms with E-state index in [1.165, 1.54) is 14.1 Å². The first kappa shape index (κ1) is 31.8. The number of rotatable bonds is 10. The molecule has 0 aliphatic carbocycles. The molecule has 0 saturated carbocycles. The van der Waals surface area contributed by atoms with Gasteiger partial charge in [-0.25, -0.2) is 8.42 Å². The number of esters is 4. The Balaban J connectivity index is 3.70. The quantitative estimate of drug-likeness (QED) is 0.226. The van der Waals surface area contributed by atoms with Crippen LogP contribution in [0.1, 0.15) is 34.6 Å². The summed E-state index contributed by atoms with van der Waals surface area (Å²) < 4.78 is 46.4. The highest BCUT2D eigenvalue weighted by Gasteiger charge is 2.57. The molecular formula is C21H32N2O13S. The molecule has 1 aliphatic rings. The number of likely N-dealkylation sites (N-methyl/N-ethyl adjacent to an activating group) is 1. The van der Waals surface area contributed by atoms with Crippen molar-refractivity contribution in [3.05, 3.63) is 0 Å². The van der Waals surface area contributed by atoms with E-state index < -0.39 is 93.7 Å². The van der Waals surface area contributed by atoms with Crippen molar-refractivity contribution in [2.24, 2.45) is 0 Å². The van der Waals surface area contributed by atoms with Gasteiger partial charge in [0.15, 0.2) is 33.5 Å². The van der Waals surface area contributed by atoms with Gasteiger partial charge in [-0.2, -0.15) is 0 Å². The highest BCUT2D eigenvalue weighted by atomic mass is 32.2. The highest BCUT2D eigenvalue weighted by molar-refractivity contribution is 7.92. The third kappa shape index (κ3) is 8.38. The standard InChI is InChI=1S/C21H32N2O13S/c1-10(24)23-15(20(30)22(6)7)9-37(31,32)21(23)17(29)19(36-14(5)28)18(35-13(4)27)16(34-12(3)26)8-33-11(2)25/h15-19,21,29H,8-9H2,1-7H3/t15-,16+,17+,18-,19+,21+/m0/s1. The van der Waals surface area contributed by atoms with E-state index in [1.807, 2.05) is 0 Å². The zero-order chi connectivity index (χ0) is 28.8. The van der Waals surface area contributed by atoms with E-state index in [4.69, 9.17) is 18.9 Å². The Hall–Kier alpha value is -3.27. The summed E-state index contributed by atoms with van der Waals surface area (Å²) in [5.41, 5.74) is 0. The number of amides is 2. The van der Waals surface area contributed by atoms with Crippen LogP contribution in [0.5, 0.6) is 0 Å². The predicted molar refractivity (Wildman–Crippen MR) is 122 cm³/mol. The number of carbonyl (C=O) groups is 6. The average molecular weight is 553 g/mol. The zero-order valence-corrected chi connectivity index (χ0v) is 22.3. The summed E-state index contributed by atoms with van der Waals surface area (Å²) in [5.74, 6) is -6.35. The zero-order valence-electron chi connectivity index (χ0n) is 21.5. The molecule has 0 aromatic heterocycles. The molecule has 0 bridgehead atoms. The van der Waals surface area contributed by atoms with Gasteiger partial charge in [0, 0.05) is 48.7 Å². The van der Waals surface area contributed by atoms with Crippen LogP contribution in [-0.2, 0) is 57.6 Å². The molecule has 15 nitrogen and oxygen atoms in total.